The van der Waals surface area contributed by atoms with Crippen LogP contribution in [0.2, 0.25) is 0 Å². The van der Waals surface area contributed by atoms with Gasteiger partial charge < -0.3 is 10.2 Å². The van der Waals surface area contributed by atoms with E-state index in [4.69, 9.17) is 11.6 Å². The summed E-state index contributed by atoms with van der Waals surface area (Å²) in [6.07, 6.45) is 5.22. The lowest BCUT2D eigenvalue weighted by molar-refractivity contribution is -0.125. The quantitative estimate of drug-likeness (QED) is 0.521. The van der Waals surface area contributed by atoms with Crippen molar-refractivity contribution in [1.82, 2.24) is 10.2 Å². The van der Waals surface area contributed by atoms with E-state index in [-0.39, 0.29) is 17.2 Å². The number of carbonyl (C=O) groups is 2. The Morgan fingerprint density at radius 2 is 1.86 bits per heavy atom. The van der Waals surface area contributed by atoms with Crippen LogP contribution in [0.1, 0.15) is 47.5 Å². The third kappa shape index (κ3) is 9.82. The summed E-state index contributed by atoms with van der Waals surface area (Å²) >= 11 is 5.71. The zero-order valence-electron chi connectivity index (χ0n) is 14.8. The molecule has 1 atom stereocenters. The van der Waals surface area contributed by atoms with Crippen molar-refractivity contribution in [3.8, 4) is 0 Å². The molecule has 0 rings (SSSR count). The largest absolute Gasteiger partial charge is 0.354 e. The topological polar surface area (TPSA) is 49.4 Å². The van der Waals surface area contributed by atoms with Gasteiger partial charge >= 0.3 is 0 Å². The van der Waals surface area contributed by atoms with E-state index in [0.29, 0.717) is 18.9 Å². The maximum absolute atomic E-state index is 11.9. The Morgan fingerprint density at radius 3 is 2.36 bits per heavy atom. The average molecular weight is 331 g/mol. The molecule has 0 aromatic heterocycles. The Kier molecular flexibility index (Phi) is 9.42. The van der Waals surface area contributed by atoms with Gasteiger partial charge in [-0.25, -0.2) is 0 Å². The van der Waals surface area contributed by atoms with Gasteiger partial charge in [0.25, 0.3) is 0 Å². The predicted molar refractivity (Wildman–Crippen MR) is 93.0 cm³/mol. The van der Waals surface area contributed by atoms with Crippen molar-refractivity contribution in [2.45, 2.75) is 52.8 Å². The first-order chi connectivity index (χ1) is 10.0. The van der Waals surface area contributed by atoms with Crippen LogP contribution in [0.3, 0.4) is 0 Å². The van der Waals surface area contributed by atoms with E-state index in [2.05, 4.69) is 19.2 Å². The molecule has 1 N–H and O–H groups in total. The molecule has 0 fully saturated rings. The molecular weight excluding hydrogens is 300 g/mol. The van der Waals surface area contributed by atoms with Crippen molar-refractivity contribution in [1.29, 1.82) is 0 Å². The van der Waals surface area contributed by atoms with Gasteiger partial charge in [-0.15, -0.1) is 11.6 Å². The molecule has 0 aromatic rings. The molecule has 5 heteroatoms. The summed E-state index contributed by atoms with van der Waals surface area (Å²) in [6.45, 7) is 11.3. The number of nitrogens with one attached hydrogen (secondary N) is 1. The highest BCUT2D eigenvalue weighted by atomic mass is 35.5. The molecule has 0 radical (unpaired) electrons. The highest BCUT2D eigenvalue weighted by molar-refractivity contribution is 6.30. The summed E-state index contributed by atoms with van der Waals surface area (Å²) in [5, 5.41) is 2.29. The summed E-state index contributed by atoms with van der Waals surface area (Å²) in [4.78, 5) is 25.2. The number of amides is 2. The van der Waals surface area contributed by atoms with Crippen LogP contribution in [-0.2, 0) is 9.59 Å². The minimum absolute atomic E-state index is 0.0230. The number of hydrogen-bond donors (Lipinski definition) is 1. The number of allylic oxidation sites excluding steroid dienone is 1. The maximum atomic E-state index is 11.9. The predicted octanol–water partition coefficient (Wildman–Crippen LogP) is 3.21. The fourth-order valence-electron chi connectivity index (χ4n) is 1.71. The van der Waals surface area contributed by atoms with Crippen LogP contribution in [0.5, 0.6) is 0 Å². The Hall–Kier alpha value is -1.03. The first-order valence-corrected chi connectivity index (χ1v) is 8.32. The zero-order valence-corrected chi connectivity index (χ0v) is 15.5. The summed E-state index contributed by atoms with van der Waals surface area (Å²) in [6, 6.07) is 0. The lowest BCUT2D eigenvalue weighted by atomic mass is 9.89. The van der Waals surface area contributed by atoms with Gasteiger partial charge in [-0.3, -0.25) is 9.59 Å². The van der Waals surface area contributed by atoms with Gasteiger partial charge in [0.2, 0.25) is 11.8 Å². The van der Waals surface area contributed by atoms with Crippen LogP contribution in [0.4, 0.5) is 0 Å². The van der Waals surface area contributed by atoms with Crippen LogP contribution >= 0.6 is 11.6 Å². The van der Waals surface area contributed by atoms with Crippen molar-refractivity contribution in [3.05, 3.63) is 12.2 Å². The number of carbonyl (C=O) groups excluding carboxylic acids is 2. The molecule has 22 heavy (non-hydrogen) atoms. The number of alkyl halides is 1. The fraction of sp³-hybridized carbons (Fsp3) is 0.765. The normalized spacial score (nSPS) is 13.5. The Labute approximate surface area is 140 Å². The van der Waals surface area contributed by atoms with E-state index >= 15 is 0 Å². The number of hydrogen-bond acceptors (Lipinski definition) is 2. The zero-order chi connectivity index (χ0) is 17.3. The van der Waals surface area contributed by atoms with Gasteiger partial charge in [0.1, 0.15) is 5.38 Å². The third-order valence-electron chi connectivity index (χ3n) is 3.45. The summed E-state index contributed by atoms with van der Waals surface area (Å²) in [5.41, 5.74) is -0.116. The van der Waals surface area contributed by atoms with E-state index in [9.17, 15) is 9.59 Å². The van der Waals surface area contributed by atoms with Crippen LogP contribution in [0.25, 0.3) is 0 Å². The van der Waals surface area contributed by atoms with E-state index in [1.54, 1.807) is 17.9 Å². The monoisotopic (exact) mass is 330 g/mol. The highest BCUT2D eigenvalue weighted by Gasteiger charge is 2.19. The summed E-state index contributed by atoms with van der Waals surface area (Å²) in [7, 11) is 1.82. The van der Waals surface area contributed by atoms with Gasteiger partial charge in [-0.05, 0) is 37.2 Å². The lowest BCUT2D eigenvalue weighted by Gasteiger charge is -2.24. The van der Waals surface area contributed by atoms with Crippen molar-refractivity contribution in [3.63, 3.8) is 0 Å². The number of likely N-dealkylation sites (N-methyl/N-ethyl adjacent to an activating group) is 1. The van der Waals surface area contributed by atoms with E-state index in [1.165, 1.54) is 0 Å². The minimum atomic E-state index is -0.525. The van der Waals surface area contributed by atoms with E-state index in [1.807, 2.05) is 27.0 Å². The van der Waals surface area contributed by atoms with E-state index in [0.717, 1.165) is 13.0 Å². The molecule has 4 nitrogen and oxygen atoms in total. The second-order valence-corrected chi connectivity index (χ2v) is 7.70. The molecule has 0 bridgehead atoms. The molecule has 0 saturated heterocycles. The second kappa shape index (κ2) is 9.88. The molecule has 128 valence electrons. The van der Waals surface area contributed by atoms with Crippen molar-refractivity contribution < 1.29 is 9.59 Å². The van der Waals surface area contributed by atoms with Crippen LogP contribution in [0, 0.1) is 11.3 Å². The minimum Gasteiger partial charge on any atom is -0.354 e. The molecule has 0 spiro atoms. The molecule has 0 unspecified atom stereocenters. The summed E-state index contributed by atoms with van der Waals surface area (Å²) in [5.74, 6) is 0.448. The molecule has 0 saturated carbocycles. The van der Waals surface area contributed by atoms with Crippen LogP contribution in [0.15, 0.2) is 12.2 Å². The van der Waals surface area contributed by atoms with Gasteiger partial charge in [-0.2, -0.15) is 0 Å². The molecule has 0 aliphatic rings. The summed E-state index contributed by atoms with van der Waals surface area (Å²) < 4.78 is 0. The Bertz CT molecular complexity index is 390. The van der Waals surface area contributed by atoms with Gasteiger partial charge in [0.15, 0.2) is 0 Å². The average Bonchev–Trinajstić information content (AvgIpc) is 2.41. The maximum Gasteiger partial charge on any atom is 0.245 e. The molecular formula is C17H31ClN2O2. The van der Waals surface area contributed by atoms with Crippen molar-refractivity contribution in [2.75, 3.05) is 20.1 Å². The molecule has 0 aromatic carbocycles. The van der Waals surface area contributed by atoms with Gasteiger partial charge in [0, 0.05) is 20.1 Å². The first kappa shape index (κ1) is 21.0. The van der Waals surface area contributed by atoms with Gasteiger partial charge in [-0.1, -0.05) is 33.8 Å². The SMILES string of the molecule is CC(C)CCN(C)C(=O)/C=C\CC(C)(C)CNC(=O)[C@H](C)Cl. The Morgan fingerprint density at radius 1 is 1.27 bits per heavy atom. The standard InChI is InChI=1S/C17H31ClN2O2/c1-13(2)9-11-20(6)15(21)8-7-10-17(4,5)12-19-16(22)14(3)18/h7-8,13-14H,9-12H2,1-6H3,(H,19,22)/b8-7-/t14-/m0/s1. The van der Waals surface area contributed by atoms with E-state index < -0.39 is 5.38 Å². The fourth-order valence-corrected chi connectivity index (χ4v) is 1.78. The Balaban J connectivity index is 4.22. The number of halogens is 1. The van der Waals surface area contributed by atoms with Gasteiger partial charge in [0.05, 0.1) is 0 Å². The first-order valence-electron chi connectivity index (χ1n) is 7.88. The van der Waals surface area contributed by atoms with Crippen molar-refractivity contribution in [2.24, 2.45) is 11.3 Å². The molecule has 0 heterocycles. The molecule has 2 amide bonds. The molecule has 0 aliphatic carbocycles. The highest BCUT2D eigenvalue weighted by Crippen LogP contribution is 2.19. The second-order valence-electron chi connectivity index (χ2n) is 7.05. The number of nitrogens with zero attached hydrogens (tertiary/aromatic N) is 1. The molecule has 0 aliphatic heterocycles. The van der Waals surface area contributed by atoms with Crippen LogP contribution < -0.4 is 5.32 Å². The van der Waals surface area contributed by atoms with Crippen molar-refractivity contribution >= 4 is 23.4 Å². The van der Waals surface area contributed by atoms with Crippen LogP contribution in [-0.4, -0.2) is 42.2 Å². The third-order valence-corrected chi connectivity index (χ3v) is 3.65. The number of rotatable bonds is 9. The lowest BCUT2D eigenvalue weighted by Crippen LogP contribution is -2.37. The smallest absolute Gasteiger partial charge is 0.245 e.